The van der Waals surface area contributed by atoms with Gasteiger partial charge in [-0.25, -0.2) is 4.79 Å². The predicted molar refractivity (Wildman–Crippen MR) is 141 cm³/mol. The van der Waals surface area contributed by atoms with Gasteiger partial charge in [0.1, 0.15) is 23.9 Å². The summed E-state index contributed by atoms with van der Waals surface area (Å²) in [5, 5.41) is 5.46. The van der Waals surface area contributed by atoms with Gasteiger partial charge in [-0.05, 0) is 75.9 Å². The molecule has 0 aliphatic rings. The predicted octanol–water partition coefficient (Wildman–Crippen LogP) is 5.09. The van der Waals surface area contributed by atoms with Gasteiger partial charge in [0.2, 0.25) is 5.91 Å². The van der Waals surface area contributed by atoms with Gasteiger partial charge in [-0.1, -0.05) is 38.1 Å². The number of ether oxygens (including phenoxy) is 2. The van der Waals surface area contributed by atoms with Crippen molar-refractivity contribution in [2.24, 2.45) is 0 Å². The van der Waals surface area contributed by atoms with Crippen molar-refractivity contribution in [3.8, 4) is 5.75 Å². The molecule has 2 unspecified atom stereocenters. The van der Waals surface area contributed by atoms with Crippen LogP contribution in [-0.2, 0) is 20.7 Å². The molecule has 8 heteroatoms. The summed E-state index contributed by atoms with van der Waals surface area (Å²) in [6.45, 7) is 10.8. The van der Waals surface area contributed by atoms with Crippen LogP contribution in [-0.4, -0.2) is 48.1 Å². The van der Waals surface area contributed by atoms with E-state index in [9.17, 15) is 14.4 Å². The van der Waals surface area contributed by atoms with Crippen molar-refractivity contribution >= 4 is 23.6 Å². The molecule has 2 aromatic rings. The number of alkyl carbamates (subject to hydrolysis) is 1. The maximum atomic E-state index is 13.7. The lowest BCUT2D eigenvalue weighted by molar-refractivity contribution is -0.140. The molecule has 0 heterocycles. The van der Waals surface area contributed by atoms with Gasteiger partial charge in [0.25, 0.3) is 5.91 Å². The number of hydrogen-bond acceptors (Lipinski definition) is 5. The van der Waals surface area contributed by atoms with E-state index in [1.165, 1.54) is 4.90 Å². The van der Waals surface area contributed by atoms with Crippen LogP contribution in [0.1, 0.15) is 65.1 Å². The van der Waals surface area contributed by atoms with E-state index < -0.39 is 17.7 Å². The minimum Gasteiger partial charge on any atom is -0.497 e. The maximum absolute atomic E-state index is 13.7. The third kappa shape index (κ3) is 8.29. The zero-order valence-corrected chi connectivity index (χ0v) is 22.4. The lowest BCUT2D eigenvalue weighted by atomic mass is 9.99. The fourth-order valence-corrected chi connectivity index (χ4v) is 3.65. The number of hydrogen-bond donors (Lipinski definition) is 2. The van der Waals surface area contributed by atoms with Crippen molar-refractivity contribution in [1.82, 2.24) is 10.2 Å². The number of carbonyl (C=O) groups excluding carboxylic acids is 3. The normalized spacial score (nSPS) is 12.8. The van der Waals surface area contributed by atoms with Crippen molar-refractivity contribution < 1.29 is 23.9 Å². The smallest absolute Gasteiger partial charge is 0.408 e. The zero-order chi connectivity index (χ0) is 26.9. The minimum absolute atomic E-state index is 0.268. The summed E-state index contributed by atoms with van der Waals surface area (Å²) in [7, 11) is 1.57. The van der Waals surface area contributed by atoms with Crippen LogP contribution in [0, 0.1) is 0 Å². The zero-order valence-electron chi connectivity index (χ0n) is 22.4. The number of aryl methyl sites for hydroxylation is 1. The van der Waals surface area contributed by atoms with Crippen LogP contribution >= 0.6 is 0 Å². The fourth-order valence-electron chi connectivity index (χ4n) is 3.65. The van der Waals surface area contributed by atoms with E-state index in [2.05, 4.69) is 17.6 Å². The molecule has 0 saturated heterocycles. The second kappa shape index (κ2) is 13.0. The third-order valence-electron chi connectivity index (χ3n) is 5.72. The summed E-state index contributed by atoms with van der Waals surface area (Å²) in [5.41, 5.74) is 1.70. The monoisotopic (exact) mass is 497 g/mol. The van der Waals surface area contributed by atoms with Gasteiger partial charge in [0.15, 0.2) is 0 Å². The van der Waals surface area contributed by atoms with Crippen molar-refractivity contribution in [2.45, 2.75) is 72.1 Å². The Hall–Kier alpha value is -3.55. The Balaban J connectivity index is 2.38. The Bertz CT molecular complexity index is 1010. The van der Waals surface area contributed by atoms with Crippen molar-refractivity contribution in [3.63, 3.8) is 0 Å². The van der Waals surface area contributed by atoms with Crippen LogP contribution in [0.5, 0.6) is 5.75 Å². The Kier molecular flexibility index (Phi) is 10.3. The highest BCUT2D eigenvalue weighted by molar-refractivity contribution is 5.98. The molecular formula is C28H39N3O5. The second-order valence-electron chi connectivity index (χ2n) is 9.63. The highest BCUT2D eigenvalue weighted by Crippen LogP contribution is 2.27. The largest absolute Gasteiger partial charge is 0.497 e. The van der Waals surface area contributed by atoms with Gasteiger partial charge in [-0.3, -0.25) is 9.59 Å². The molecule has 36 heavy (non-hydrogen) atoms. The van der Waals surface area contributed by atoms with Crippen LogP contribution in [0.2, 0.25) is 0 Å². The summed E-state index contributed by atoms with van der Waals surface area (Å²) in [6.07, 6.45) is 0.792. The lowest BCUT2D eigenvalue weighted by Crippen LogP contribution is -2.50. The fraction of sp³-hybridized carbons (Fsp3) is 0.464. The molecule has 3 amide bonds. The lowest BCUT2D eigenvalue weighted by Gasteiger charge is -2.36. The highest BCUT2D eigenvalue weighted by atomic mass is 16.6. The number of amides is 3. The van der Waals surface area contributed by atoms with E-state index in [-0.39, 0.29) is 24.4 Å². The Morgan fingerprint density at radius 3 is 2.08 bits per heavy atom. The van der Waals surface area contributed by atoms with Crippen molar-refractivity contribution in [3.05, 3.63) is 59.7 Å². The number of anilines is 1. The first-order valence-electron chi connectivity index (χ1n) is 12.3. The van der Waals surface area contributed by atoms with Gasteiger partial charge >= 0.3 is 6.09 Å². The molecule has 0 aromatic heterocycles. The molecule has 0 fully saturated rings. The first kappa shape index (κ1) is 28.7. The molecule has 0 aliphatic carbocycles. The third-order valence-corrected chi connectivity index (χ3v) is 5.72. The van der Waals surface area contributed by atoms with Crippen LogP contribution in [0.25, 0.3) is 0 Å². The molecular weight excluding hydrogens is 458 g/mol. The summed E-state index contributed by atoms with van der Waals surface area (Å²) in [5.74, 6) is -0.0654. The minimum atomic E-state index is -0.902. The first-order chi connectivity index (χ1) is 17.0. The van der Waals surface area contributed by atoms with Gasteiger partial charge in [-0.2, -0.15) is 0 Å². The van der Waals surface area contributed by atoms with Gasteiger partial charge in [0.05, 0.1) is 7.11 Å². The summed E-state index contributed by atoms with van der Waals surface area (Å²) < 4.78 is 10.5. The van der Waals surface area contributed by atoms with Gasteiger partial charge in [-0.15, -0.1) is 0 Å². The number of nitrogens with zero attached hydrogens (tertiary/aromatic N) is 1. The molecule has 2 atom stereocenters. The SMILES string of the molecule is CCc1ccc(C(C(=O)Nc2ccc(OC)cc2)N(C(=O)CNC(=O)OC(C)(C)C)C(C)CC)cc1. The molecule has 2 rings (SSSR count). The van der Waals surface area contributed by atoms with E-state index in [0.717, 1.165) is 12.0 Å². The number of methoxy groups -OCH3 is 1. The Morgan fingerprint density at radius 2 is 1.58 bits per heavy atom. The molecule has 196 valence electrons. The standard InChI is InChI=1S/C28H39N3O5/c1-8-19(3)31(24(32)18-29-27(34)36-28(4,5)6)25(21-12-10-20(9-2)11-13-21)26(33)30-22-14-16-23(35-7)17-15-22/h10-17,19,25H,8-9,18H2,1-7H3,(H,29,34)(H,30,33). The Morgan fingerprint density at radius 1 is 0.972 bits per heavy atom. The van der Waals surface area contributed by atoms with Crippen LogP contribution < -0.4 is 15.4 Å². The van der Waals surface area contributed by atoms with Crippen LogP contribution in [0.3, 0.4) is 0 Å². The number of carbonyl (C=O) groups is 3. The number of rotatable bonds is 10. The van der Waals surface area contributed by atoms with Crippen molar-refractivity contribution in [2.75, 3.05) is 19.0 Å². The van der Waals surface area contributed by atoms with Crippen LogP contribution in [0.15, 0.2) is 48.5 Å². The van der Waals surface area contributed by atoms with Gasteiger partial charge in [0, 0.05) is 11.7 Å². The molecule has 2 N–H and O–H groups in total. The van der Waals surface area contributed by atoms with Crippen molar-refractivity contribution in [1.29, 1.82) is 0 Å². The number of benzene rings is 2. The second-order valence-corrected chi connectivity index (χ2v) is 9.63. The average molecular weight is 498 g/mol. The molecule has 0 bridgehead atoms. The first-order valence-corrected chi connectivity index (χ1v) is 12.3. The van der Waals surface area contributed by atoms with E-state index in [0.29, 0.717) is 23.4 Å². The van der Waals surface area contributed by atoms with E-state index >= 15 is 0 Å². The van der Waals surface area contributed by atoms with E-state index in [1.54, 1.807) is 52.1 Å². The quantitative estimate of drug-likeness (QED) is 0.477. The highest BCUT2D eigenvalue weighted by Gasteiger charge is 2.34. The topological polar surface area (TPSA) is 97.0 Å². The average Bonchev–Trinajstić information content (AvgIpc) is 2.84. The summed E-state index contributed by atoms with van der Waals surface area (Å²) in [4.78, 5) is 40.8. The number of nitrogens with one attached hydrogen (secondary N) is 2. The van der Waals surface area contributed by atoms with Gasteiger partial charge < -0.3 is 25.0 Å². The molecule has 0 radical (unpaired) electrons. The molecule has 0 spiro atoms. The van der Waals surface area contributed by atoms with E-state index in [4.69, 9.17) is 9.47 Å². The van der Waals surface area contributed by atoms with Crippen LogP contribution in [0.4, 0.5) is 10.5 Å². The molecule has 0 saturated carbocycles. The van der Waals surface area contributed by atoms with E-state index in [1.807, 2.05) is 38.1 Å². The molecule has 2 aromatic carbocycles. The Labute approximate surface area is 214 Å². The molecule has 8 nitrogen and oxygen atoms in total. The maximum Gasteiger partial charge on any atom is 0.408 e. The molecule has 0 aliphatic heterocycles. The summed E-state index contributed by atoms with van der Waals surface area (Å²) in [6, 6.07) is 13.5. The summed E-state index contributed by atoms with van der Waals surface area (Å²) >= 11 is 0.